The summed E-state index contributed by atoms with van der Waals surface area (Å²) in [6.07, 6.45) is 9.84. The molecule has 1 heteroatoms. The number of fused-ring (bicyclic) bond motifs is 2. The SMILES string of the molecule is C=CC[C@H]1C2=C(CCC[C@@]2(C=O)CC=C)c2ccccc21. The number of carbonyl (C=O) groups is 1. The molecule has 1 nitrogen and oxygen atoms in total. The molecule has 21 heavy (non-hydrogen) atoms. The number of aldehydes is 1. The van der Waals surface area contributed by atoms with Gasteiger partial charge >= 0.3 is 0 Å². The summed E-state index contributed by atoms with van der Waals surface area (Å²) in [5.74, 6) is 0.319. The summed E-state index contributed by atoms with van der Waals surface area (Å²) in [5, 5.41) is 0. The van der Waals surface area contributed by atoms with Crippen LogP contribution in [0.15, 0.2) is 55.1 Å². The van der Waals surface area contributed by atoms with Crippen LogP contribution in [0.1, 0.15) is 49.1 Å². The van der Waals surface area contributed by atoms with Gasteiger partial charge in [-0.25, -0.2) is 0 Å². The van der Waals surface area contributed by atoms with Crippen LogP contribution >= 0.6 is 0 Å². The van der Waals surface area contributed by atoms with Gasteiger partial charge in [0.15, 0.2) is 0 Å². The Balaban J connectivity index is 2.20. The lowest BCUT2D eigenvalue weighted by Crippen LogP contribution is -2.30. The summed E-state index contributed by atoms with van der Waals surface area (Å²) in [5.41, 5.74) is 5.15. The van der Waals surface area contributed by atoms with E-state index in [1.165, 1.54) is 28.6 Å². The smallest absolute Gasteiger partial charge is 0.130 e. The maximum Gasteiger partial charge on any atom is 0.130 e. The fraction of sp³-hybridized carbons (Fsp3) is 0.350. The lowest BCUT2D eigenvalue weighted by molar-refractivity contribution is -0.115. The second-order valence-corrected chi connectivity index (χ2v) is 6.18. The van der Waals surface area contributed by atoms with Crippen LogP contribution in [0.3, 0.4) is 0 Å². The highest BCUT2D eigenvalue weighted by Gasteiger charge is 2.45. The fourth-order valence-corrected chi connectivity index (χ4v) is 4.27. The first kappa shape index (κ1) is 14.1. The van der Waals surface area contributed by atoms with Crippen molar-refractivity contribution in [3.8, 4) is 0 Å². The van der Waals surface area contributed by atoms with Crippen LogP contribution in [-0.4, -0.2) is 6.29 Å². The van der Waals surface area contributed by atoms with Gasteiger partial charge in [-0.15, -0.1) is 13.2 Å². The van der Waals surface area contributed by atoms with Crippen molar-refractivity contribution in [3.05, 3.63) is 66.3 Å². The lowest BCUT2D eigenvalue weighted by Gasteiger charge is -2.37. The Morgan fingerprint density at radius 3 is 2.76 bits per heavy atom. The first-order chi connectivity index (χ1) is 10.3. The molecule has 0 unspecified atom stereocenters. The molecule has 1 aromatic carbocycles. The third-order valence-corrected chi connectivity index (χ3v) is 5.06. The molecule has 0 aromatic heterocycles. The highest BCUT2D eigenvalue weighted by molar-refractivity contribution is 5.85. The van der Waals surface area contributed by atoms with Crippen molar-refractivity contribution in [1.29, 1.82) is 0 Å². The van der Waals surface area contributed by atoms with E-state index in [4.69, 9.17) is 0 Å². The van der Waals surface area contributed by atoms with Gasteiger partial charge in [0.2, 0.25) is 0 Å². The molecule has 2 aliphatic carbocycles. The molecule has 0 heterocycles. The molecule has 0 N–H and O–H groups in total. The van der Waals surface area contributed by atoms with Gasteiger partial charge < -0.3 is 4.79 Å². The Labute approximate surface area is 127 Å². The van der Waals surface area contributed by atoms with E-state index in [0.717, 1.165) is 32.1 Å². The van der Waals surface area contributed by atoms with Gasteiger partial charge in [-0.2, -0.15) is 0 Å². The predicted octanol–water partition coefficient (Wildman–Crippen LogP) is 5.06. The highest BCUT2D eigenvalue weighted by Crippen LogP contribution is 2.57. The van der Waals surface area contributed by atoms with Crippen molar-refractivity contribution in [3.63, 3.8) is 0 Å². The van der Waals surface area contributed by atoms with Crippen LogP contribution in [-0.2, 0) is 4.79 Å². The van der Waals surface area contributed by atoms with Crippen LogP contribution in [0.25, 0.3) is 5.57 Å². The molecule has 0 saturated heterocycles. The number of allylic oxidation sites excluding steroid dienone is 4. The minimum atomic E-state index is -0.345. The van der Waals surface area contributed by atoms with E-state index in [0.29, 0.717) is 5.92 Å². The minimum Gasteiger partial charge on any atom is -0.302 e. The van der Waals surface area contributed by atoms with Crippen molar-refractivity contribution in [2.45, 2.75) is 38.0 Å². The van der Waals surface area contributed by atoms with Gasteiger partial charge in [-0.05, 0) is 54.4 Å². The van der Waals surface area contributed by atoms with Gasteiger partial charge in [-0.1, -0.05) is 36.4 Å². The van der Waals surface area contributed by atoms with Crippen molar-refractivity contribution in [1.82, 2.24) is 0 Å². The molecule has 0 saturated carbocycles. The number of benzene rings is 1. The minimum absolute atomic E-state index is 0.319. The normalized spacial score (nSPS) is 27.0. The summed E-state index contributed by atoms with van der Waals surface area (Å²) >= 11 is 0. The van der Waals surface area contributed by atoms with E-state index < -0.39 is 0 Å². The van der Waals surface area contributed by atoms with E-state index in [-0.39, 0.29) is 5.41 Å². The molecular formula is C20H22O. The number of rotatable bonds is 5. The molecule has 0 amide bonds. The topological polar surface area (TPSA) is 17.1 Å². The molecule has 2 aliphatic rings. The third-order valence-electron chi connectivity index (χ3n) is 5.06. The maximum atomic E-state index is 12.0. The number of hydrogen-bond donors (Lipinski definition) is 0. The second kappa shape index (κ2) is 5.48. The average molecular weight is 278 g/mol. The lowest BCUT2D eigenvalue weighted by atomic mass is 9.66. The fourth-order valence-electron chi connectivity index (χ4n) is 4.27. The van der Waals surface area contributed by atoms with Crippen LogP contribution in [0.4, 0.5) is 0 Å². The number of hydrogen-bond acceptors (Lipinski definition) is 1. The predicted molar refractivity (Wildman–Crippen MR) is 88.1 cm³/mol. The zero-order valence-corrected chi connectivity index (χ0v) is 12.5. The standard InChI is InChI=1S/C20H22O/c1-3-8-17-15-9-5-6-10-16(15)18-11-7-13-20(14-21,12-4-2)19(17)18/h3-6,9-10,14,17H,1-2,7-8,11-13H2/t17-,20-/m1/s1. The van der Waals surface area contributed by atoms with Crippen molar-refractivity contribution in [2.24, 2.45) is 5.41 Å². The Bertz CT molecular complexity index is 622. The van der Waals surface area contributed by atoms with Crippen LogP contribution in [0.5, 0.6) is 0 Å². The van der Waals surface area contributed by atoms with Crippen LogP contribution in [0, 0.1) is 5.41 Å². The first-order valence-electron chi connectivity index (χ1n) is 7.78. The first-order valence-corrected chi connectivity index (χ1v) is 7.78. The monoisotopic (exact) mass is 278 g/mol. The molecular weight excluding hydrogens is 256 g/mol. The van der Waals surface area contributed by atoms with Gasteiger partial charge in [0.25, 0.3) is 0 Å². The molecule has 0 fully saturated rings. The highest BCUT2D eigenvalue weighted by atomic mass is 16.1. The summed E-state index contributed by atoms with van der Waals surface area (Å²) in [6, 6.07) is 8.63. The van der Waals surface area contributed by atoms with Crippen LogP contribution in [0.2, 0.25) is 0 Å². The summed E-state index contributed by atoms with van der Waals surface area (Å²) < 4.78 is 0. The molecule has 1 aromatic rings. The summed E-state index contributed by atoms with van der Waals surface area (Å²) in [7, 11) is 0. The van der Waals surface area contributed by atoms with Crippen molar-refractivity contribution >= 4 is 11.9 Å². The van der Waals surface area contributed by atoms with E-state index >= 15 is 0 Å². The molecule has 0 spiro atoms. The largest absolute Gasteiger partial charge is 0.302 e. The second-order valence-electron chi connectivity index (χ2n) is 6.18. The molecule has 0 aliphatic heterocycles. The van der Waals surface area contributed by atoms with Gasteiger partial charge in [0.05, 0.1) is 5.41 Å². The quantitative estimate of drug-likeness (QED) is 0.543. The number of carbonyl (C=O) groups excluding carboxylic acids is 1. The van der Waals surface area contributed by atoms with Crippen molar-refractivity contribution in [2.75, 3.05) is 0 Å². The Morgan fingerprint density at radius 2 is 2.05 bits per heavy atom. The molecule has 0 radical (unpaired) electrons. The molecule has 3 rings (SSSR count). The van der Waals surface area contributed by atoms with E-state index in [1.54, 1.807) is 0 Å². The van der Waals surface area contributed by atoms with E-state index in [1.807, 2.05) is 12.2 Å². The van der Waals surface area contributed by atoms with Gasteiger partial charge in [-0.3, -0.25) is 0 Å². The summed E-state index contributed by atoms with van der Waals surface area (Å²) in [4.78, 5) is 12.0. The Hall–Kier alpha value is -1.89. The Morgan fingerprint density at radius 1 is 1.24 bits per heavy atom. The zero-order chi connectivity index (χ0) is 14.9. The molecule has 108 valence electrons. The Kier molecular flexibility index (Phi) is 3.67. The van der Waals surface area contributed by atoms with E-state index in [2.05, 4.69) is 37.4 Å². The molecule has 2 atom stereocenters. The van der Waals surface area contributed by atoms with Crippen LogP contribution < -0.4 is 0 Å². The third kappa shape index (κ3) is 2.03. The maximum absolute atomic E-state index is 12.0. The van der Waals surface area contributed by atoms with E-state index in [9.17, 15) is 4.79 Å². The average Bonchev–Trinajstić information content (AvgIpc) is 2.84. The zero-order valence-electron chi connectivity index (χ0n) is 12.5. The van der Waals surface area contributed by atoms with Gasteiger partial charge in [0.1, 0.15) is 6.29 Å². The summed E-state index contributed by atoms with van der Waals surface area (Å²) in [6.45, 7) is 7.80. The van der Waals surface area contributed by atoms with Crippen molar-refractivity contribution < 1.29 is 4.79 Å². The van der Waals surface area contributed by atoms with Gasteiger partial charge in [0, 0.05) is 5.92 Å². The molecule has 0 bridgehead atoms.